The van der Waals surface area contributed by atoms with Crippen molar-refractivity contribution < 1.29 is 0 Å². The molecule has 0 aliphatic rings. The monoisotopic (exact) mass is 258 g/mol. The maximum absolute atomic E-state index is 5.81. The molecule has 1 rings (SSSR count). The maximum Gasteiger partial charge on any atom is 0.0406 e. The fourth-order valence-corrected chi connectivity index (χ4v) is 2.23. The normalized spacial score (nSPS) is 10.6. The summed E-state index contributed by atoms with van der Waals surface area (Å²) in [6, 6.07) is 7.97. The minimum Gasteiger partial charge on any atom is -0.330 e. The summed E-state index contributed by atoms with van der Waals surface area (Å²) < 4.78 is 0. The van der Waals surface area contributed by atoms with Gasteiger partial charge in [0.05, 0.1) is 0 Å². The van der Waals surface area contributed by atoms with Gasteiger partial charge in [-0.25, -0.2) is 0 Å². The lowest BCUT2D eigenvalue weighted by Crippen LogP contribution is -2.19. The van der Waals surface area contributed by atoms with Gasteiger partial charge in [-0.3, -0.25) is 0 Å². The van der Waals surface area contributed by atoms with Crippen LogP contribution in [0, 0.1) is 0 Å². The summed E-state index contributed by atoms with van der Waals surface area (Å²) in [5, 5.41) is 4.19. The van der Waals surface area contributed by atoms with Crippen LogP contribution in [-0.2, 0) is 0 Å². The number of nitrogens with one attached hydrogen (secondary N) is 1. The molecule has 0 unspecified atom stereocenters. The average Bonchev–Trinajstić information content (AvgIpc) is 2.30. The van der Waals surface area contributed by atoms with Crippen molar-refractivity contribution in [3.8, 4) is 0 Å². The highest BCUT2D eigenvalue weighted by molar-refractivity contribution is 7.99. The summed E-state index contributed by atoms with van der Waals surface area (Å²) in [6.45, 7) is 2.90. The van der Waals surface area contributed by atoms with Gasteiger partial charge in [0, 0.05) is 22.2 Å². The largest absolute Gasteiger partial charge is 0.330 e. The summed E-state index contributed by atoms with van der Waals surface area (Å²) in [6.07, 6.45) is 2.28. The van der Waals surface area contributed by atoms with E-state index in [1.165, 1.54) is 11.3 Å². The number of thioether (sulfide) groups is 1. The first-order valence-electron chi connectivity index (χ1n) is 5.62. The Morgan fingerprint density at radius 1 is 1.12 bits per heavy atom. The third-order valence-corrected chi connectivity index (χ3v) is 3.43. The molecule has 0 aromatic heterocycles. The first-order chi connectivity index (χ1) is 7.83. The van der Waals surface area contributed by atoms with Crippen LogP contribution in [0.3, 0.4) is 0 Å². The summed E-state index contributed by atoms with van der Waals surface area (Å²) in [4.78, 5) is 1.27. The fraction of sp³-hybridized carbons (Fsp3) is 0.500. The van der Waals surface area contributed by atoms with E-state index in [2.05, 4.69) is 17.4 Å². The van der Waals surface area contributed by atoms with Crippen LogP contribution >= 0.6 is 23.4 Å². The zero-order valence-electron chi connectivity index (χ0n) is 9.42. The quantitative estimate of drug-likeness (QED) is 0.556. The van der Waals surface area contributed by atoms with Crippen LogP contribution < -0.4 is 11.1 Å². The lowest BCUT2D eigenvalue weighted by atomic mass is 10.3. The Labute approximate surface area is 107 Å². The second-order valence-corrected chi connectivity index (χ2v) is 5.15. The molecule has 0 aliphatic carbocycles. The Morgan fingerprint density at radius 3 is 2.56 bits per heavy atom. The van der Waals surface area contributed by atoms with Crippen LogP contribution in [0.15, 0.2) is 29.2 Å². The van der Waals surface area contributed by atoms with Gasteiger partial charge in [-0.1, -0.05) is 11.6 Å². The van der Waals surface area contributed by atoms with E-state index in [1.807, 2.05) is 23.9 Å². The minimum atomic E-state index is 0.793. The van der Waals surface area contributed by atoms with Crippen LogP contribution in [0.1, 0.15) is 12.8 Å². The van der Waals surface area contributed by atoms with Crippen molar-refractivity contribution in [3.63, 3.8) is 0 Å². The number of hydrogen-bond acceptors (Lipinski definition) is 3. The van der Waals surface area contributed by atoms with Crippen molar-refractivity contribution in [2.24, 2.45) is 5.73 Å². The van der Waals surface area contributed by atoms with E-state index in [0.29, 0.717) is 0 Å². The van der Waals surface area contributed by atoms with E-state index in [-0.39, 0.29) is 0 Å². The summed E-state index contributed by atoms with van der Waals surface area (Å²) in [7, 11) is 0. The molecule has 1 aromatic carbocycles. The Balaban J connectivity index is 2.01. The zero-order valence-corrected chi connectivity index (χ0v) is 11.0. The topological polar surface area (TPSA) is 38.0 Å². The molecule has 0 spiro atoms. The lowest BCUT2D eigenvalue weighted by molar-refractivity contribution is 0.649. The van der Waals surface area contributed by atoms with Crippen molar-refractivity contribution in [2.45, 2.75) is 17.7 Å². The Hall–Kier alpha value is -0.220. The number of nitrogens with two attached hydrogens (primary N) is 1. The van der Waals surface area contributed by atoms with Gasteiger partial charge in [0.1, 0.15) is 0 Å². The maximum atomic E-state index is 5.81. The molecule has 0 radical (unpaired) electrons. The van der Waals surface area contributed by atoms with Gasteiger partial charge < -0.3 is 11.1 Å². The van der Waals surface area contributed by atoms with E-state index >= 15 is 0 Å². The molecule has 90 valence electrons. The van der Waals surface area contributed by atoms with Gasteiger partial charge in [-0.05, 0) is 50.2 Å². The van der Waals surface area contributed by atoms with Crippen LogP contribution in [0.5, 0.6) is 0 Å². The first-order valence-corrected chi connectivity index (χ1v) is 6.98. The highest BCUT2D eigenvalue weighted by Crippen LogP contribution is 2.19. The van der Waals surface area contributed by atoms with Gasteiger partial charge >= 0.3 is 0 Å². The average molecular weight is 259 g/mol. The van der Waals surface area contributed by atoms with Crippen LogP contribution in [0.4, 0.5) is 0 Å². The van der Waals surface area contributed by atoms with Crippen molar-refractivity contribution in [1.29, 1.82) is 0 Å². The van der Waals surface area contributed by atoms with E-state index in [9.17, 15) is 0 Å². The molecule has 0 aliphatic heterocycles. The first kappa shape index (κ1) is 13.8. The number of rotatable bonds is 8. The Morgan fingerprint density at radius 2 is 1.88 bits per heavy atom. The minimum absolute atomic E-state index is 0.793. The lowest BCUT2D eigenvalue weighted by Gasteiger charge is -2.04. The number of hydrogen-bond donors (Lipinski definition) is 2. The van der Waals surface area contributed by atoms with Crippen LogP contribution in [0.2, 0.25) is 5.02 Å². The predicted molar refractivity (Wildman–Crippen MR) is 73.3 cm³/mol. The fourth-order valence-electron chi connectivity index (χ4n) is 1.29. The molecule has 3 N–H and O–H groups in total. The van der Waals surface area contributed by atoms with Crippen molar-refractivity contribution >= 4 is 23.4 Å². The highest BCUT2D eigenvalue weighted by atomic mass is 35.5. The standard InChI is InChI=1S/C12H19ClN2S/c13-11-3-5-12(6-4-11)16-10-9-15-8-2-1-7-14/h3-6,15H,1-2,7-10,14H2. The van der Waals surface area contributed by atoms with Crippen molar-refractivity contribution in [2.75, 3.05) is 25.4 Å². The molecular weight excluding hydrogens is 240 g/mol. The van der Waals surface area contributed by atoms with E-state index in [1.54, 1.807) is 0 Å². The Bertz CT molecular complexity index is 277. The van der Waals surface area contributed by atoms with E-state index in [0.717, 1.165) is 36.8 Å². The van der Waals surface area contributed by atoms with Crippen molar-refractivity contribution in [1.82, 2.24) is 5.32 Å². The molecule has 0 saturated carbocycles. The number of halogens is 1. The molecule has 0 heterocycles. The Kier molecular flexibility index (Phi) is 7.68. The molecule has 0 fully saturated rings. The summed E-state index contributed by atoms with van der Waals surface area (Å²) in [5.74, 6) is 1.09. The summed E-state index contributed by atoms with van der Waals surface area (Å²) in [5.41, 5.74) is 5.41. The van der Waals surface area contributed by atoms with Crippen LogP contribution in [0.25, 0.3) is 0 Å². The number of benzene rings is 1. The van der Waals surface area contributed by atoms with Gasteiger partial charge in [-0.2, -0.15) is 0 Å². The summed E-state index contributed by atoms with van der Waals surface area (Å²) >= 11 is 7.66. The predicted octanol–water partition coefficient (Wildman–Crippen LogP) is 2.76. The molecule has 0 amide bonds. The third kappa shape index (κ3) is 6.38. The van der Waals surface area contributed by atoms with Gasteiger partial charge in [0.25, 0.3) is 0 Å². The molecule has 2 nitrogen and oxygen atoms in total. The molecule has 1 aromatic rings. The van der Waals surface area contributed by atoms with Crippen LogP contribution in [-0.4, -0.2) is 25.4 Å². The molecule has 0 atom stereocenters. The van der Waals surface area contributed by atoms with Crippen molar-refractivity contribution in [3.05, 3.63) is 29.3 Å². The second-order valence-electron chi connectivity index (χ2n) is 3.55. The SMILES string of the molecule is NCCCCNCCSc1ccc(Cl)cc1. The molecule has 4 heteroatoms. The van der Waals surface area contributed by atoms with Gasteiger partial charge in [-0.15, -0.1) is 11.8 Å². The zero-order chi connectivity index (χ0) is 11.6. The number of unbranched alkanes of at least 4 members (excludes halogenated alkanes) is 1. The van der Waals surface area contributed by atoms with Gasteiger partial charge in [0.15, 0.2) is 0 Å². The van der Waals surface area contributed by atoms with Gasteiger partial charge in [0.2, 0.25) is 0 Å². The third-order valence-electron chi connectivity index (χ3n) is 2.17. The molecular formula is C12H19ClN2S. The highest BCUT2D eigenvalue weighted by Gasteiger charge is 1.94. The molecule has 0 bridgehead atoms. The van der Waals surface area contributed by atoms with E-state index in [4.69, 9.17) is 17.3 Å². The molecule has 0 saturated heterocycles. The van der Waals surface area contributed by atoms with E-state index < -0.39 is 0 Å². The molecule has 16 heavy (non-hydrogen) atoms. The smallest absolute Gasteiger partial charge is 0.0406 e. The second kappa shape index (κ2) is 8.88.